The lowest BCUT2D eigenvalue weighted by molar-refractivity contribution is 0.930. The quantitative estimate of drug-likeness (QED) is 0.814. The molecule has 5 nitrogen and oxygen atoms in total. The Labute approximate surface area is 88.4 Å². The average molecular weight is 203 g/mol. The zero-order valence-electron chi connectivity index (χ0n) is 8.75. The molecule has 78 valence electrons. The monoisotopic (exact) mass is 203 g/mol. The van der Waals surface area contributed by atoms with Crippen LogP contribution in [0.4, 0.5) is 11.8 Å². The van der Waals surface area contributed by atoms with Crippen LogP contribution in [0.1, 0.15) is 0 Å². The van der Waals surface area contributed by atoms with Gasteiger partial charge in [-0.15, -0.1) is 0 Å². The molecular weight excluding hydrogens is 190 g/mol. The molecule has 5 heteroatoms. The van der Waals surface area contributed by atoms with Gasteiger partial charge in [0, 0.05) is 38.8 Å². The summed E-state index contributed by atoms with van der Waals surface area (Å²) in [6.07, 6.45) is 5.56. The summed E-state index contributed by atoms with van der Waals surface area (Å²) in [5, 5.41) is 0. The minimum Gasteiger partial charge on any atom is -0.347 e. The van der Waals surface area contributed by atoms with Crippen LogP contribution in [0, 0.1) is 0 Å². The molecule has 0 amide bonds. The molecule has 0 bridgehead atoms. The van der Waals surface area contributed by atoms with E-state index < -0.39 is 0 Å². The predicted molar refractivity (Wildman–Crippen MR) is 59.8 cm³/mol. The molecule has 2 aromatic heterocycles. The fourth-order valence-electron chi connectivity index (χ4n) is 1.17. The van der Waals surface area contributed by atoms with Crippen LogP contribution in [0.15, 0.2) is 36.8 Å². The third kappa shape index (κ3) is 2.25. The maximum Gasteiger partial charge on any atom is 0.226 e. The summed E-state index contributed by atoms with van der Waals surface area (Å²) < 4.78 is 1.84. The number of anilines is 2. The lowest BCUT2D eigenvalue weighted by atomic mass is 10.6. The van der Waals surface area contributed by atoms with Gasteiger partial charge in [0.15, 0.2) is 0 Å². The highest BCUT2D eigenvalue weighted by Crippen LogP contribution is 2.07. The van der Waals surface area contributed by atoms with E-state index in [0.29, 0.717) is 5.95 Å². The summed E-state index contributed by atoms with van der Waals surface area (Å²) in [6.45, 7) is 0. The van der Waals surface area contributed by atoms with Crippen molar-refractivity contribution in [2.24, 2.45) is 0 Å². The molecular formula is C10H13N5. The van der Waals surface area contributed by atoms with Crippen molar-refractivity contribution in [3.05, 3.63) is 36.8 Å². The fraction of sp³-hybridized carbons (Fsp3) is 0.200. The van der Waals surface area contributed by atoms with E-state index in [4.69, 9.17) is 0 Å². The van der Waals surface area contributed by atoms with Crippen molar-refractivity contribution >= 4 is 11.8 Å². The summed E-state index contributed by atoms with van der Waals surface area (Å²) in [4.78, 5) is 10.3. The Hall–Kier alpha value is -2.04. The molecule has 1 N–H and O–H groups in total. The second-order valence-electron chi connectivity index (χ2n) is 3.34. The maximum atomic E-state index is 4.33. The summed E-state index contributed by atoms with van der Waals surface area (Å²) in [5.74, 6) is 1.46. The van der Waals surface area contributed by atoms with Crippen LogP contribution in [0.5, 0.6) is 0 Å². The van der Waals surface area contributed by atoms with Gasteiger partial charge in [0.25, 0.3) is 0 Å². The highest BCUT2D eigenvalue weighted by Gasteiger charge is 2.00. The van der Waals surface area contributed by atoms with E-state index in [1.807, 2.05) is 54.3 Å². The van der Waals surface area contributed by atoms with Crippen LogP contribution in [0.25, 0.3) is 0 Å². The summed E-state index contributed by atoms with van der Waals surface area (Å²) in [5.41, 5.74) is 3.12. The van der Waals surface area contributed by atoms with E-state index in [1.54, 1.807) is 6.20 Å². The molecule has 0 aromatic carbocycles. The molecule has 0 unspecified atom stereocenters. The van der Waals surface area contributed by atoms with Gasteiger partial charge in [-0.3, -0.25) is 10.1 Å². The van der Waals surface area contributed by atoms with Crippen molar-refractivity contribution in [3.63, 3.8) is 0 Å². The molecule has 2 heterocycles. The summed E-state index contributed by atoms with van der Waals surface area (Å²) >= 11 is 0. The first-order chi connectivity index (χ1) is 7.25. The molecule has 15 heavy (non-hydrogen) atoms. The molecule has 0 atom stereocenters. The number of aromatic nitrogens is 3. The Morgan fingerprint density at radius 1 is 1.27 bits per heavy atom. The van der Waals surface area contributed by atoms with Crippen molar-refractivity contribution in [2.75, 3.05) is 24.4 Å². The highest BCUT2D eigenvalue weighted by molar-refractivity contribution is 5.40. The lowest BCUT2D eigenvalue weighted by Crippen LogP contribution is -2.14. The van der Waals surface area contributed by atoms with Gasteiger partial charge in [-0.25, -0.2) is 4.98 Å². The average Bonchev–Trinajstić information content (AvgIpc) is 2.71. The van der Waals surface area contributed by atoms with Gasteiger partial charge < -0.3 is 4.90 Å². The zero-order valence-corrected chi connectivity index (χ0v) is 8.75. The minimum absolute atomic E-state index is 0.687. The number of rotatable bonds is 3. The Bertz CT molecular complexity index is 421. The molecule has 2 rings (SSSR count). The minimum atomic E-state index is 0.687. The summed E-state index contributed by atoms with van der Waals surface area (Å²) in [6, 6.07) is 5.72. The first kappa shape index (κ1) is 9.51. The van der Waals surface area contributed by atoms with Gasteiger partial charge in [-0.1, -0.05) is 0 Å². The third-order valence-electron chi connectivity index (χ3n) is 1.89. The SMILES string of the molecule is CN(C)c1nccc(Nn2cccc2)n1. The van der Waals surface area contributed by atoms with Crippen LogP contribution >= 0.6 is 0 Å². The topological polar surface area (TPSA) is 46.0 Å². The van der Waals surface area contributed by atoms with Crippen molar-refractivity contribution < 1.29 is 0 Å². The zero-order chi connectivity index (χ0) is 10.7. The van der Waals surface area contributed by atoms with E-state index in [0.717, 1.165) is 5.82 Å². The Morgan fingerprint density at radius 3 is 2.67 bits per heavy atom. The van der Waals surface area contributed by atoms with Gasteiger partial charge >= 0.3 is 0 Å². The van der Waals surface area contributed by atoms with Gasteiger partial charge in [-0.2, -0.15) is 4.98 Å². The molecule has 2 aromatic rings. The first-order valence-corrected chi connectivity index (χ1v) is 4.66. The largest absolute Gasteiger partial charge is 0.347 e. The third-order valence-corrected chi connectivity index (χ3v) is 1.89. The van der Waals surface area contributed by atoms with E-state index >= 15 is 0 Å². The lowest BCUT2D eigenvalue weighted by Gasteiger charge is -2.11. The van der Waals surface area contributed by atoms with Crippen molar-refractivity contribution in [3.8, 4) is 0 Å². The van der Waals surface area contributed by atoms with E-state index in [1.165, 1.54) is 0 Å². The molecule has 0 aliphatic carbocycles. The maximum absolute atomic E-state index is 4.33. The van der Waals surface area contributed by atoms with Gasteiger partial charge in [0.05, 0.1) is 0 Å². The molecule has 0 aliphatic rings. The number of nitrogens with one attached hydrogen (secondary N) is 1. The first-order valence-electron chi connectivity index (χ1n) is 4.66. The van der Waals surface area contributed by atoms with Crippen LogP contribution in [0.2, 0.25) is 0 Å². The molecule has 0 saturated carbocycles. The standard InChI is InChI=1S/C10H13N5/c1-14(2)10-11-6-5-9(12-10)13-15-7-3-4-8-15/h3-8H,1-2H3,(H,11,12,13). The number of nitrogens with zero attached hydrogens (tertiary/aromatic N) is 4. The highest BCUT2D eigenvalue weighted by atomic mass is 15.4. The molecule has 0 radical (unpaired) electrons. The Morgan fingerprint density at radius 2 is 2.00 bits per heavy atom. The van der Waals surface area contributed by atoms with E-state index in [-0.39, 0.29) is 0 Å². The molecule has 0 saturated heterocycles. The van der Waals surface area contributed by atoms with Crippen LogP contribution < -0.4 is 10.3 Å². The number of hydrogen-bond donors (Lipinski definition) is 1. The van der Waals surface area contributed by atoms with Crippen molar-refractivity contribution in [1.82, 2.24) is 14.6 Å². The van der Waals surface area contributed by atoms with Crippen LogP contribution in [-0.2, 0) is 0 Å². The van der Waals surface area contributed by atoms with Gasteiger partial charge in [-0.05, 0) is 12.1 Å². The second kappa shape index (κ2) is 4.00. The normalized spacial score (nSPS) is 10.0. The predicted octanol–water partition coefficient (Wildman–Crippen LogP) is 1.22. The van der Waals surface area contributed by atoms with Crippen molar-refractivity contribution in [1.29, 1.82) is 0 Å². The van der Waals surface area contributed by atoms with Crippen molar-refractivity contribution in [2.45, 2.75) is 0 Å². The fourth-order valence-corrected chi connectivity index (χ4v) is 1.17. The Balaban J connectivity index is 2.18. The summed E-state index contributed by atoms with van der Waals surface area (Å²) in [7, 11) is 3.82. The second-order valence-corrected chi connectivity index (χ2v) is 3.34. The van der Waals surface area contributed by atoms with Gasteiger partial charge in [0.2, 0.25) is 5.95 Å². The van der Waals surface area contributed by atoms with E-state index in [9.17, 15) is 0 Å². The Kier molecular flexibility index (Phi) is 2.53. The smallest absolute Gasteiger partial charge is 0.226 e. The van der Waals surface area contributed by atoms with Crippen LogP contribution in [0.3, 0.4) is 0 Å². The van der Waals surface area contributed by atoms with Crippen LogP contribution in [-0.4, -0.2) is 28.7 Å². The molecule has 0 aliphatic heterocycles. The number of hydrogen-bond acceptors (Lipinski definition) is 4. The van der Waals surface area contributed by atoms with E-state index in [2.05, 4.69) is 15.4 Å². The molecule has 0 fully saturated rings. The van der Waals surface area contributed by atoms with Gasteiger partial charge in [0.1, 0.15) is 5.82 Å². The molecule has 0 spiro atoms.